The molecule has 1 atom stereocenters. The minimum Gasteiger partial charge on any atom is -0.484 e. The van der Waals surface area contributed by atoms with Crippen LogP contribution in [0.3, 0.4) is 0 Å². The molecule has 5 rings (SSSR count). The monoisotopic (exact) mass is 526 g/mol. The molecule has 0 aliphatic carbocycles. The maximum Gasteiger partial charge on any atom is 0.271 e. The third-order valence-electron chi connectivity index (χ3n) is 7.01. The average molecular weight is 527 g/mol. The number of hydrogen-bond donors (Lipinski definition) is 2. The zero-order valence-corrected chi connectivity index (χ0v) is 22.0. The molecule has 39 heavy (non-hydrogen) atoms. The largest absolute Gasteiger partial charge is 0.484 e. The maximum absolute atomic E-state index is 12.5. The second-order valence-corrected chi connectivity index (χ2v) is 9.92. The molecule has 1 fully saturated rings. The summed E-state index contributed by atoms with van der Waals surface area (Å²) in [6.07, 6.45) is 4.76. The Morgan fingerprint density at radius 2 is 1.82 bits per heavy atom. The van der Waals surface area contributed by atoms with Crippen LogP contribution in [0.5, 0.6) is 5.75 Å². The molecule has 2 N–H and O–H groups in total. The van der Waals surface area contributed by atoms with E-state index in [0.29, 0.717) is 17.9 Å². The lowest BCUT2D eigenvalue weighted by molar-refractivity contribution is -0.123. The Balaban J connectivity index is 1.03. The predicted molar refractivity (Wildman–Crippen MR) is 150 cm³/mol. The number of ether oxygens (including phenoxy) is 2. The normalized spacial score (nSPS) is 17.1. The SMILES string of the molecule is O=C(COc1ccc(/C=N\NC(=O)c2ccc(CN3CCc4ccccc4C3)cc2)cc1)NC[C@H]1CCCO1. The first-order chi connectivity index (χ1) is 19.1. The zero-order valence-electron chi connectivity index (χ0n) is 22.0. The van der Waals surface area contributed by atoms with Gasteiger partial charge in [0.25, 0.3) is 11.8 Å². The van der Waals surface area contributed by atoms with E-state index in [1.165, 1.54) is 16.7 Å². The quantitative estimate of drug-likeness (QED) is 0.311. The highest BCUT2D eigenvalue weighted by molar-refractivity contribution is 5.94. The molecular weight excluding hydrogens is 492 g/mol. The van der Waals surface area contributed by atoms with Crippen molar-refractivity contribution in [1.29, 1.82) is 0 Å². The summed E-state index contributed by atoms with van der Waals surface area (Å²) < 4.78 is 11.0. The zero-order chi connectivity index (χ0) is 26.9. The van der Waals surface area contributed by atoms with Crippen LogP contribution < -0.4 is 15.5 Å². The summed E-state index contributed by atoms with van der Waals surface area (Å²) in [5.41, 5.74) is 7.94. The van der Waals surface area contributed by atoms with E-state index in [-0.39, 0.29) is 24.5 Å². The maximum atomic E-state index is 12.5. The van der Waals surface area contributed by atoms with E-state index >= 15 is 0 Å². The van der Waals surface area contributed by atoms with Crippen LogP contribution in [0.4, 0.5) is 0 Å². The summed E-state index contributed by atoms with van der Waals surface area (Å²) in [7, 11) is 0. The highest BCUT2D eigenvalue weighted by atomic mass is 16.5. The van der Waals surface area contributed by atoms with Crippen LogP contribution in [0.2, 0.25) is 0 Å². The van der Waals surface area contributed by atoms with Gasteiger partial charge >= 0.3 is 0 Å². The van der Waals surface area contributed by atoms with E-state index in [4.69, 9.17) is 9.47 Å². The van der Waals surface area contributed by atoms with Gasteiger partial charge in [0, 0.05) is 38.3 Å². The summed E-state index contributed by atoms with van der Waals surface area (Å²) in [6, 6.07) is 23.4. The van der Waals surface area contributed by atoms with Crippen LogP contribution in [-0.2, 0) is 29.0 Å². The van der Waals surface area contributed by atoms with Crippen LogP contribution in [0, 0.1) is 0 Å². The Hall–Kier alpha value is -4.01. The Labute approximate surface area is 229 Å². The Morgan fingerprint density at radius 1 is 1.03 bits per heavy atom. The van der Waals surface area contributed by atoms with Crippen LogP contribution in [-0.4, -0.2) is 55.3 Å². The van der Waals surface area contributed by atoms with Gasteiger partial charge in [-0.25, -0.2) is 5.43 Å². The predicted octanol–water partition coefficient (Wildman–Crippen LogP) is 3.68. The van der Waals surface area contributed by atoms with Gasteiger partial charge in [-0.3, -0.25) is 14.5 Å². The van der Waals surface area contributed by atoms with Crippen molar-refractivity contribution in [2.45, 2.75) is 38.5 Å². The molecule has 2 amide bonds. The van der Waals surface area contributed by atoms with Gasteiger partial charge in [-0.15, -0.1) is 0 Å². The molecule has 0 spiro atoms. The molecule has 0 aromatic heterocycles. The number of hydrogen-bond acceptors (Lipinski definition) is 6. The highest BCUT2D eigenvalue weighted by Gasteiger charge is 2.17. The van der Waals surface area contributed by atoms with Crippen LogP contribution in [0.25, 0.3) is 0 Å². The lowest BCUT2D eigenvalue weighted by Crippen LogP contribution is -2.35. The molecular formula is C31H34N4O4. The van der Waals surface area contributed by atoms with Crippen molar-refractivity contribution in [2.24, 2.45) is 5.10 Å². The van der Waals surface area contributed by atoms with E-state index in [1.54, 1.807) is 18.3 Å². The van der Waals surface area contributed by atoms with Gasteiger partial charge < -0.3 is 14.8 Å². The van der Waals surface area contributed by atoms with Crippen molar-refractivity contribution < 1.29 is 19.1 Å². The first-order valence-electron chi connectivity index (χ1n) is 13.4. The summed E-state index contributed by atoms with van der Waals surface area (Å²) in [5, 5.41) is 6.90. The number of amides is 2. The molecule has 0 saturated carbocycles. The van der Waals surface area contributed by atoms with Crippen molar-refractivity contribution in [3.63, 3.8) is 0 Å². The summed E-state index contributed by atoms with van der Waals surface area (Å²) in [4.78, 5) is 26.9. The number of benzene rings is 3. The molecule has 2 aliphatic heterocycles. The standard InChI is InChI=1S/C31H34N4O4/c36-30(32-19-29-6-3-17-38-29)22-39-28-13-9-23(10-14-28)18-33-34-31(37)26-11-7-24(8-12-26)20-35-16-15-25-4-1-2-5-27(25)21-35/h1-2,4-5,7-14,18,29H,3,6,15-17,19-22H2,(H,32,36)(H,34,37)/b33-18-/t29-/m1/s1. The summed E-state index contributed by atoms with van der Waals surface area (Å²) in [6.45, 7) is 4.06. The van der Waals surface area contributed by atoms with Crippen molar-refractivity contribution in [2.75, 3.05) is 26.3 Å². The second-order valence-electron chi connectivity index (χ2n) is 9.92. The van der Waals surface area contributed by atoms with Crippen molar-refractivity contribution >= 4 is 18.0 Å². The van der Waals surface area contributed by atoms with Gasteiger partial charge in [-0.1, -0.05) is 36.4 Å². The topological polar surface area (TPSA) is 92.3 Å². The number of fused-ring (bicyclic) bond motifs is 1. The first-order valence-corrected chi connectivity index (χ1v) is 13.4. The second kappa shape index (κ2) is 13.2. The molecule has 2 aliphatic rings. The fraction of sp³-hybridized carbons (Fsp3) is 0.323. The lowest BCUT2D eigenvalue weighted by atomic mass is 9.99. The highest BCUT2D eigenvalue weighted by Crippen LogP contribution is 2.20. The van der Waals surface area contributed by atoms with E-state index in [0.717, 1.165) is 51.1 Å². The molecule has 2 heterocycles. The first kappa shape index (κ1) is 26.6. The van der Waals surface area contributed by atoms with Gasteiger partial charge in [0.2, 0.25) is 0 Å². The van der Waals surface area contributed by atoms with Gasteiger partial charge in [0.05, 0.1) is 12.3 Å². The molecule has 3 aromatic carbocycles. The van der Waals surface area contributed by atoms with Crippen molar-refractivity contribution in [3.8, 4) is 5.75 Å². The number of nitrogens with zero attached hydrogens (tertiary/aromatic N) is 2. The molecule has 0 unspecified atom stereocenters. The minimum atomic E-state index is -0.265. The molecule has 0 radical (unpaired) electrons. The summed E-state index contributed by atoms with van der Waals surface area (Å²) in [5.74, 6) is 0.139. The van der Waals surface area contributed by atoms with Gasteiger partial charge in [-0.05, 0) is 77.9 Å². The van der Waals surface area contributed by atoms with Crippen molar-refractivity contribution in [1.82, 2.24) is 15.6 Å². The van der Waals surface area contributed by atoms with E-state index < -0.39 is 0 Å². The molecule has 3 aromatic rings. The molecule has 202 valence electrons. The van der Waals surface area contributed by atoms with E-state index in [2.05, 4.69) is 45.0 Å². The molecule has 1 saturated heterocycles. The average Bonchev–Trinajstić information content (AvgIpc) is 3.50. The van der Waals surface area contributed by atoms with E-state index in [1.807, 2.05) is 36.4 Å². The van der Waals surface area contributed by atoms with Gasteiger partial charge in [0.1, 0.15) is 5.75 Å². The molecule has 0 bridgehead atoms. The van der Waals surface area contributed by atoms with Crippen molar-refractivity contribution in [3.05, 3.63) is 101 Å². The van der Waals surface area contributed by atoms with Gasteiger partial charge in [0.15, 0.2) is 6.61 Å². The number of hydrazone groups is 1. The lowest BCUT2D eigenvalue weighted by Gasteiger charge is -2.28. The third-order valence-corrected chi connectivity index (χ3v) is 7.01. The number of carbonyl (C=O) groups excluding carboxylic acids is 2. The third kappa shape index (κ3) is 7.75. The smallest absolute Gasteiger partial charge is 0.271 e. The molecule has 8 heteroatoms. The van der Waals surface area contributed by atoms with Gasteiger partial charge in [-0.2, -0.15) is 5.10 Å². The Bertz CT molecular complexity index is 1280. The number of nitrogens with one attached hydrogen (secondary N) is 2. The number of carbonyl (C=O) groups is 2. The van der Waals surface area contributed by atoms with Crippen LogP contribution in [0.15, 0.2) is 77.9 Å². The fourth-order valence-electron chi connectivity index (χ4n) is 4.82. The molecule has 8 nitrogen and oxygen atoms in total. The van der Waals surface area contributed by atoms with E-state index in [9.17, 15) is 9.59 Å². The van der Waals surface area contributed by atoms with Crippen LogP contribution >= 0.6 is 0 Å². The number of rotatable bonds is 10. The minimum absolute atomic E-state index is 0.0546. The van der Waals surface area contributed by atoms with Crippen LogP contribution in [0.1, 0.15) is 45.5 Å². The summed E-state index contributed by atoms with van der Waals surface area (Å²) >= 11 is 0. The Kier molecular flexibility index (Phi) is 8.98. The Morgan fingerprint density at radius 3 is 2.59 bits per heavy atom. The fourth-order valence-corrected chi connectivity index (χ4v) is 4.82.